The van der Waals surface area contributed by atoms with Gasteiger partial charge in [-0.3, -0.25) is 0 Å². The topological polar surface area (TPSA) is 73.1 Å². The molecule has 0 radical (unpaired) electrons. The summed E-state index contributed by atoms with van der Waals surface area (Å²) >= 11 is 0. The zero-order valence-electron chi connectivity index (χ0n) is 14.0. The van der Waals surface area contributed by atoms with Crippen LogP contribution in [0.15, 0.2) is 36.5 Å². The summed E-state index contributed by atoms with van der Waals surface area (Å²) in [6.45, 7) is 4.91. The highest BCUT2D eigenvalue weighted by Gasteiger charge is 2.10. The van der Waals surface area contributed by atoms with E-state index in [1.54, 1.807) is 6.20 Å². The highest BCUT2D eigenvalue weighted by molar-refractivity contribution is 5.51. The molecule has 1 atom stereocenters. The van der Waals surface area contributed by atoms with Crippen LogP contribution in [0, 0.1) is 0 Å². The highest BCUT2D eigenvalue weighted by atomic mass is 16.5. The molecular formula is C18H26N4O. The summed E-state index contributed by atoms with van der Waals surface area (Å²) in [5.41, 5.74) is 7.01. The van der Waals surface area contributed by atoms with Crippen molar-refractivity contribution in [3.05, 3.63) is 42.1 Å². The van der Waals surface area contributed by atoms with E-state index < -0.39 is 0 Å². The first-order chi connectivity index (χ1) is 11.2. The SMILES string of the molecule is CCCC(C)Nc1nc(N)ncc1OCCCc1ccccc1. The molecule has 1 aromatic carbocycles. The number of hydrogen-bond acceptors (Lipinski definition) is 5. The first-order valence-corrected chi connectivity index (χ1v) is 8.24. The van der Waals surface area contributed by atoms with Crippen molar-refractivity contribution in [3.63, 3.8) is 0 Å². The Morgan fingerprint density at radius 1 is 1.26 bits per heavy atom. The largest absolute Gasteiger partial charge is 0.488 e. The van der Waals surface area contributed by atoms with E-state index in [9.17, 15) is 0 Å². The number of nitrogen functional groups attached to an aromatic ring is 1. The lowest BCUT2D eigenvalue weighted by molar-refractivity contribution is 0.310. The minimum absolute atomic E-state index is 0.257. The van der Waals surface area contributed by atoms with Crippen LogP contribution in [0.1, 0.15) is 38.7 Å². The molecule has 2 aromatic rings. The summed E-state index contributed by atoms with van der Waals surface area (Å²) in [7, 11) is 0. The molecule has 5 nitrogen and oxygen atoms in total. The average molecular weight is 314 g/mol. The van der Waals surface area contributed by atoms with E-state index in [1.807, 2.05) is 6.07 Å². The lowest BCUT2D eigenvalue weighted by atomic mass is 10.1. The van der Waals surface area contributed by atoms with Crippen molar-refractivity contribution in [2.24, 2.45) is 0 Å². The number of rotatable bonds is 9. The van der Waals surface area contributed by atoms with Crippen LogP contribution in [0.3, 0.4) is 0 Å². The van der Waals surface area contributed by atoms with Crippen LogP contribution in [0.25, 0.3) is 0 Å². The fourth-order valence-electron chi connectivity index (χ4n) is 2.44. The normalized spacial score (nSPS) is 11.9. The van der Waals surface area contributed by atoms with Crippen molar-refractivity contribution < 1.29 is 4.74 Å². The van der Waals surface area contributed by atoms with Crippen LogP contribution in [0.2, 0.25) is 0 Å². The molecule has 1 unspecified atom stereocenters. The maximum absolute atomic E-state index is 5.85. The van der Waals surface area contributed by atoms with Gasteiger partial charge in [-0.05, 0) is 31.7 Å². The van der Waals surface area contributed by atoms with Gasteiger partial charge < -0.3 is 15.8 Å². The Bertz CT molecular complexity index is 589. The van der Waals surface area contributed by atoms with Crippen molar-refractivity contribution in [2.45, 2.75) is 45.6 Å². The van der Waals surface area contributed by atoms with Gasteiger partial charge in [0, 0.05) is 6.04 Å². The Hall–Kier alpha value is -2.30. The monoisotopic (exact) mass is 314 g/mol. The number of benzene rings is 1. The van der Waals surface area contributed by atoms with Crippen LogP contribution in [-0.4, -0.2) is 22.6 Å². The molecule has 0 bridgehead atoms. The molecule has 2 rings (SSSR count). The van der Waals surface area contributed by atoms with E-state index in [4.69, 9.17) is 10.5 Å². The molecule has 124 valence electrons. The number of aryl methyl sites for hydroxylation is 1. The number of nitrogens with one attached hydrogen (secondary N) is 1. The third-order valence-electron chi connectivity index (χ3n) is 3.59. The molecule has 0 saturated heterocycles. The first-order valence-electron chi connectivity index (χ1n) is 8.24. The Labute approximate surface area is 138 Å². The zero-order valence-corrected chi connectivity index (χ0v) is 14.0. The van der Waals surface area contributed by atoms with Gasteiger partial charge in [-0.1, -0.05) is 43.7 Å². The van der Waals surface area contributed by atoms with Crippen molar-refractivity contribution in [1.29, 1.82) is 0 Å². The van der Waals surface area contributed by atoms with E-state index >= 15 is 0 Å². The quantitative estimate of drug-likeness (QED) is 0.691. The Morgan fingerprint density at radius 2 is 2.04 bits per heavy atom. The van der Waals surface area contributed by atoms with Gasteiger partial charge in [-0.25, -0.2) is 4.98 Å². The lowest BCUT2D eigenvalue weighted by Gasteiger charge is -2.17. The minimum atomic E-state index is 0.257. The molecule has 0 amide bonds. The average Bonchev–Trinajstić information content (AvgIpc) is 2.54. The van der Waals surface area contributed by atoms with Gasteiger partial charge >= 0.3 is 0 Å². The third-order valence-corrected chi connectivity index (χ3v) is 3.59. The number of ether oxygens (including phenoxy) is 1. The Balaban J connectivity index is 1.88. The Morgan fingerprint density at radius 3 is 2.78 bits per heavy atom. The molecule has 0 saturated carbocycles. The molecule has 0 aliphatic heterocycles. The molecule has 3 N–H and O–H groups in total. The Kier molecular flexibility index (Phi) is 6.66. The van der Waals surface area contributed by atoms with Crippen molar-refractivity contribution >= 4 is 11.8 Å². The lowest BCUT2D eigenvalue weighted by Crippen LogP contribution is -2.17. The van der Waals surface area contributed by atoms with Crippen LogP contribution in [-0.2, 0) is 6.42 Å². The van der Waals surface area contributed by atoms with Gasteiger partial charge in [0.25, 0.3) is 0 Å². The van der Waals surface area contributed by atoms with Crippen molar-refractivity contribution in [3.8, 4) is 5.75 Å². The smallest absolute Gasteiger partial charge is 0.222 e. The van der Waals surface area contributed by atoms with Crippen LogP contribution < -0.4 is 15.8 Å². The van der Waals surface area contributed by atoms with E-state index in [0.717, 1.165) is 25.7 Å². The van der Waals surface area contributed by atoms with Gasteiger partial charge in [0.2, 0.25) is 5.95 Å². The van der Waals surface area contributed by atoms with Crippen molar-refractivity contribution in [1.82, 2.24) is 9.97 Å². The van der Waals surface area contributed by atoms with Gasteiger partial charge in [0.15, 0.2) is 11.6 Å². The molecular weight excluding hydrogens is 288 g/mol. The zero-order chi connectivity index (χ0) is 16.5. The van der Waals surface area contributed by atoms with Gasteiger partial charge in [0.05, 0.1) is 12.8 Å². The summed E-state index contributed by atoms with van der Waals surface area (Å²) in [4.78, 5) is 8.29. The van der Waals surface area contributed by atoms with Crippen LogP contribution in [0.4, 0.5) is 11.8 Å². The second kappa shape index (κ2) is 8.98. The highest BCUT2D eigenvalue weighted by Crippen LogP contribution is 2.23. The van der Waals surface area contributed by atoms with Gasteiger partial charge in [-0.15, -0.1) is 0 Å². The van der Waals surface area contributed by atoms with Gasteiger partial charge in [-0.2, -0.15) is 4.98 Å². The predicted octanol–water partition coefficient (Wildman–Crippen LogP) is 3.67. The first kappa shape index (κ1) is 17.1. The summed E-state index contributed by atoms with van der Waals surface area (Å²) < 4.78 is 5.85. The number of anilines is 2. The van der Waals surface area contributed by atoms with Crippen molar-refractivity contribution in [2.75, 3.05) is 17.7 Å². The second-order valence-corrected chi connectivity index (χ2v) is 5.71. The molecule has 5 heteroatoms. The van der Waals surface area contributed by atoms with Crippen LogP contribution >= 0.6 is 0 Å². The minimum Gasteiger partial charge on any atom is -0.488 e. The van der Waals surface area contributed by atoms with E-state index in [2.05, 4.69) is 53.4 Å². The maximum Gasteiger partial charge on any atom is 0.222 e. The maximum atomic E-state index is 5.85. The second-order valence-electron chi connectivity index (χ2n) is 5.71. The third kappa shape index (κ3) is 5.77. The van der Waals surface area contributed by atoms with Gasteiger partial charge in [0.1, 0.15) is 0 Å². The van der Waals surface area contributed by atoms with E-state index in [1.165, 1.54) is 5.56 Å². The standard InChI is InChI=1S/C18H26N4O/c1-3-8-14(2)21-17-16(13-20-18(19)22-17)23-12-7-11-15-9-5-4-6-10-15/h4-6,9-10,13-14H,3,7-8,11-12H2,1-2H3,(H3,19,20,21,22). The number of aromatic nitrogens is 2. The van der Waals surface area contributed by atoms with E-state index in [-0.39, 0.29) is 5.95 Å². The molecule has 1 heterocycles. The van der Waals surface area contributed by atoms with Crippen LogP contribution in [0.5, 0.6) is 5.75 Å². The molecule has 0 spiro atoms. The summed E-state index contributed by atoms with van der Waals surface area (Å²) in [5, 5.41) is 3.35. The summed E-state index contributed by atoms with van der Waals surface area (Å²) in [6, 6.07) is 10.7. The number of hydrogen-bond donors (Lipinski definition) is 2. The predicted molar refractivity (Wildman–Crippen MR) is 94.7 cm³/mol. The fourth-order valence-corrected chi connectivity index (χ4v) is 2.44. The summed E-state index contributed by atoms with van der Waals surface area (Å²) in [5.74, 6) is 1.60. The summed E-state index contributed by atoms with van der Waals surface area (Å²) in [6.07, 6.45) is 5.76. The molecule has 0 aliphatic rings. The molecule has 0 aliphatic carbocycles. The fraction of sp³-hybridized carbons (Fsp3) is 0.444. The molecule has 1 aromatic heterocycles. The molecule has 0 fully saturated rings. The number of nitrogens with zero attached hydrogens (tertiary/aromatic N) is 2. The molecule has 23 heavy (non-hydrogen) atoms. The number of nitrogens with two attached hydrogens (primary N) is 1. The van der Waals surface area contributed by atoms with E-state index in [0.29, 0.717) is 24.2 Å².